The summed E-state index contributed by atoms with van der Waals surface area (Å²) in [5, 5.41) is 5.56. The molecule has 0 amide bonds. The first-order chi connectivity index (χ1) is 15.6. The van der Waals surface area contributed by atoms with E-state index in [9.17, 15) is 4.79 Å². The Kier molecular flexibility index (Phi) is 5.07. The van der Waals surface area contributed by atoms with Crippen LogP contribution in [0, 0.1) is 0 Å². The first kappa shape index (κ1) is 19.8. The van der Waals surface area contributed by atoms with Gasteiger partial charge in [-0.05, 0) is 67.4 Å². The zero-order chi connectivity index (χ0) is 22.1. The number of nitrogens with one attached hydrogen (secondary N) is 3. The molecule has 3 N–H and O–H groups in total. The lowest BCUT2D eigenvalue weighted by Gasteiger charge is -2.19. The second-order valence-corrected chi connectivity index (χ2v) is 7.85. The first-order valence-corrected chi connectivity index (χ1v) is 10.6. The predicted octanol–water partition coefficient (Wildman–Crippen LogP) is 5.06. The molecule has 0 aliphatic rings. The Hall–Kier alpha value is -4.13. The zero-order valence-corrected chi connectivity index (χ0v) is 18.0. The number of nitrogens with zero attached hydrogens (tertiary/aromatic N) is 3. The Morgan fingerprint density at radius 1 is 1.06 bits per heavy atom. The SMILES string of the molecule is CC(=O)c1ccc2[nH]cc(CCNc3nccc(N(C)c4ccc5[nH]ccc5c4)n3)c2c1. The van der Waals surface area contributed by atoms with Gasteiger partial charge < -0.3 is 20.2 Å². The number of carbonyl (C=O) groups is 1. The molecule has 0 unspecified atom stereocenters. The highest BCUT2D eigenvalue weighted by Gasteiger charge is 2.10. The summed E-state index contributed by atoms with van der Waals surface area (Å²) in [7, 11) is 2.00. The van der Waals surface area contributed by atoms with E-state index in [0.29, 0.717) is 12.5 Å². The maximum absolute atomic E-state index is 11.7. The Morgan fingerprint density at radius 2 is 1.94 bits per heavy atom. The van der Waals surface area contributed by atoms with Crippen LogP contribution in [0.4, 0.5) is 17.5 Å². The third kappa shape index (κ3) is 3.80. The molecule has 3 heterocycles. The van der Waals surface area contributed by atoms with Crippen LogP contribution in [0.5, 0.6) is 0 Å². The van der Waals surface area contributed by atoms with Crippen LogP contribution in [-0.4, -0.2) is 39.3 Å². The van der Waals surface area contributed by atoms with E-state index >= 15 is 0 Å². The van der Waals surface area contributed by atoms with E-state index in [1.807, 2.05) is 48.6 Å². The molecule has 0 bridgehead atoms. The first-order valence-electron chi connectivity index (χ1n) is 10.6. The number of hydrogen-bond acceptors (Lipinski definition) is 5. The quantitative estimate of drug-likeness (QED) is 0.318. The topological polar surface area (TPSA) is 89.7 Å². The van der Waals surface area contributed by atoms with E-state index in [2.05, 4.69) is 49.5 Å². The normalized spacial score (nSPS) is 11.2. The number of ketones is 1. The molecule has 5 aromatic rings. The summed E-state index contributed by atoms with van der Waals surface area (Å²) >= 11 is 0. The standard InChI is InChI=1S/C25H24N6O/c1-16(32)17-3-5-23-21(14-17)19(15-29-23)8-11-27-25-28-12-9-24(30-25)31(2)20-4-6-22-18(13-20)7-10-26-22/h3-7,9-10,12-15,26,29H,8,11H2,1-2H3,(H,27,28,30). The Labute approximate surface area is 185 Å². The van der Waals surface area contributed by atoms with Gasteiger partial charge in [-0.2, -0.15) is 4.98 Å². The molecule has 7 heteroatoms. The molecule has 0 radical (unpaired) electrons. The minimum Gasteiger partial charge on any atom is -0.361 e. The third-order valence-corrected chi connectivity index (χ3v) is 5.76. The fourth-order valence-electron chi connectivity index (χ4n) is 3.92. The number of hydrogen-bond donors (Lipinski definition) is 3. The van der Waals surface area contributed by atoms with Gasteiger partial charge in [0.05, 0.1) is 0 Å². The summed E-state index contributed by atoms with van der Waals surface area (Å²) in [6.45, 7) is 2.27. The summed E-state index contributed by atoms with van der Waals surface area (Å²) < 4.78 is 0. The highest BCUT2D eigenvalue weighted by atomic mass is 16.1. The molecular formula is C25H24N6O. The zero-order valence-electron chi connectivity index (χ0n) is 18.0. The van der Waals surface area contributed by atoms with Crippen LogP contribution in [0.2, 0.25) is 0 Å². The number of fused-ring (bicyclic) bond motifs is 2. The molecule has 0 aliphatic heterocycles. The van der Waals surface area contributed by atoms with Crippen molar-refractivity contribution in [2.24, 2.45) is 0 Å². The van der Waals surface area contributed by atoms with E-state index in [1.165, 1.54) is 0 Å². The van der Waals surface area contributed by atoms with Crippen LogP contribution < -0.4 is 10.2 Å². The number of rotatable bonds is 7. The highest BCUT2D eigenvalue weighted by Crippen LogP contribution is 2.26. The van der Waals surface area contributed by atoms with Gasteiger partial charge in [0.2, 0.25) is 5.95 Å². The number of aromatic amines is 2. The Balaban J connectivity index is 1.29. The van der Waals surface area contributed by atoms with Crippen LogP contribution in [0.25, 0.3) is 21.8 Å². The van der Waals surface area contributed by atoms with Crippen molar-refractivity contribution in [3.05, 3.63) is 78.2 Å². The molecule has 2 aromatic carbocycles. The second-order valence-electron chi connectivity index (χ2n) is 7.85. The lowest BCUT2D eigenvalue weighted by atomic mass is 10.1. The van der Waals surface area contributed by atoms with Crippen molar-refractivity contribution < 1.29 is 4.79 Å². The van der Waals surface area contributed by atoms with Crippen LogP contribution in [0.1, 0.15) is 22.8 Å². The van der Waals surface area contributed by atoms with Gasteiger partial charge >= 0.3 is 0 Å². The highest BCUT2D eigenvalue weighted by molar-refractivity contribution is 5.98. The number of carbonyl (C=O) groups excluding carboxylic acids is 1. The lowest BCUT2D eigenvalue weighted by molar-refractivity contribution is 0.101. The van der Waals surface area contributed by atoms with Crippen molar-refractivity contribution in [3.63, 3.8) is 0 Å². The molecule has 7 nitrogen and oxygen atoms in total. The van der Waals surface area contributed by atoms with E-state index in [1.54, 1.807) is 13.1 Å². The minimum absolute atomic E-state index is 0.0715. The Morgan fingerprint density at radius 3 is 2.81 bits per heavy atom. The van der Waals surface area contributed by atoms with Crippen molar-refractivity contribution >= 4 is 45.0 Å². The van der Waals surface area contributed by atoms with Crippen molar-refractivity contribution in [1.29, 1.82) is 0 Å². The number of benzene rings is 2. The number of anilines is 3. The predicted molar refractivity (Wildman–Crippen MR) is 129 cm³/mol. The minimum atomic E-state index is 0.0715. The number of H-pyrrole nitrogens is 2. The van der Waals surface area contributed by atoms with Crippen molar-refractivity contribution in [3.8, 4) is 0 Å². The maximum Gasteiger partial charge on any atom is 0.224 e. The molecule has 0 atom stereocenters. The summed E-state index contributed by atoms with van der Waals surface area (Å²) in [6, 6.07) is 16.0. The monoisotopic (exact) mass is 424 g/mol. The van der Waals surface area contributed by atoms with Gasteiger partial charge in [0, 0.05) is 65.2 Å². The van der Waals surface area contributed by atoms with E-state index in [-0.39, 0.29) is 5.78 Å². The molecule has 160 valence electrons. The van der Waals surface area contributed by atoms with Gasteiger partial charge in [0.15, 0.2) is 5.78 Å². The maximum atomic E-state index is 11.7. The van der Waals surface area contributed by atoms with Crippen LogP contribution in [-0.2, 0) is 6.42 Å². The summed E-state index contributed by atoms with van der Waals surface area (Å²) in [4.78, 5) is 29.3. The summed E-state index contributed by atoms with van der Waals surface area (Å²) in [5.41, 5.74) is 5.08. The molecule has 0 fully saturated rings. The number of aromatic nitrogens is 4. The van der Waals surface area contributed by atoms with E-state index in [0.717, 1.165) is 50.9 Å². The van der Waals surface area contributed by atoms with Gasteiger partial charge in [-0.25, -0.2) is 4.98 Å². The van der Waals surface area contributed by atoms with Crippen molar-refractivity contribution in [2.45, 2.75) is 13.3 Å². The molecular weight excluding hydrogens is 400 g/mol. The summed E-state index contributed by atoms with van der Waals surface area (Å²) in [5.74, 6) is 1.47. The fourth-order valence-corrected chi connectivity index (χ4v) is 3.92. The van der Waals surface area contributed by atoms with Crippen molar-refractivity contribution in [2.75, 3.05) is 23.8 Å². The van der Waals surface area contributed by atoms with Gasteiger partial charge in [0.1, 0.15) is 5.82 Å². The largest absolute Gasteiger partial charge is 0.361 e. The van der Waals surface area contributed by atoms with Crippen LogP contribution in [0.3, 0.4) is 0 Å². The molecule has 0 saturated carbocycles. The van der Waals surface area contributed by atoms with Gasteiger partial charge in [0.25, 0.3) is 0 Å². The third-order valence-electron chi connectivity index (χ3n) is 5.76. The number of Topliss-reactive ketones (excluding diaryl/α,β-unsaturated/α-hetero) is 1. The summed E-state index contributed by atoms with van der Waals surface area (Å²) in [6.07, 6.45) is 6.49. The lowest BCUT2D eigenvalue weighted by Crippen LogP contribution is -2.14. The van der Waals surface area contributed by atoms with Gasteiger partial charge in [-0.1, -0.05) is 0 Å². The van der Waals surface area contributed by atoms with E-state index < -0.39 is 0 Å². The van der Waals surface area contributed by atoms with Gasteiger partial charge in [-0.15, -0.1) is 0 Å². The molecule has 5 rings (SSSR count). The molecule has 32 heavy (non-hydrogen) atoms. The average Bonchev–Trinajstić information content (AvgIpc) is 3.45. The van der Waals surface area contributed by atoms with Crippen LogP contribution >= 0.6 is 0 Å². The van der Waals surface area contributed by atoms with E-state index in [4.69, 9.17) is 0 Å². The molecule has 3 aromatic heterocycles. The second kappa shape index (κ2) is 8.19. The Bertz CT molecular complexity index is 1420. The smallest absolute Gasteiger partial charge is 0.224 e. The fraction of sp³-hybridized carbons (Fsp3) is 0.160. The molecule has 0 aliphatic carbocycles. The van der Waals surface area contributed by atoms with Gasteiger partial charge in [-0.3, -0.25) is 4.79 Å². The van der Waals surface area contributed by atoms with Crippen molar-refractivity contribution in [1.82, 2.24) is 19.9 Å². The average molecular weight is 425 g/mol. The van der Waals surface area contributed by atoms with Crippen LogP contribution in [0.15, 0.2) is 67.1 Å². The molecule has 0 spiro atoms. The molecule has 0 saturated heterocycles.